The van der Waals surface area contributed by atoms with Gasteiger partial charge in [0.25, 0.3) is 0 Å². The number of hydrogen-bond donors (Lipinski definition) is 1. The zero-order valence-electron chi connectivity index (χ0n) is 7.01. The van der Waals surface area contributed by atoms with E-state index < -0.39 is 0 Å². The number of hydrogen-bond acceptors (Lipinski definition) is 5. The first-order valence-corrected chi connectivity index (χ1v) is 4.00. The molecule has 0 atom stereocenters. The summed E-state index contributed by atoms with van der Waals surface area (Å²) in [7, 11) is 0. The van der Waals surface area contributed by atoms with E-state index in [4.69, 9.17) is 4.42 Å². The zero-order valence-corrected chi connectivity index (χ0v) is 7.01. The van der Waals surface area contributed by atoms with Crippen molar-refractivity contribution in [1.29, 1.82) is 0 Å². The second-order valence-electron chi connectivity index (χ2n) is 2.77. The number of aromatic amines is 1. The summed E-state index contributed by atoms with van der Waals surface area (Å²) in [6, 6.07) is 5.54. The van der Waals surface area contributed by atoms with E-state index in [0.717, 1.165) is 16.7 Å². The molecule has 0 bridgehead atoms. The maximum atomic E-state index is 5.11. The van der Waals surface area contributed by atoms with E-state index in [9.17, 15) is 0 Å². The Kier molecular flexibility index (Phi) is 1.35. The number of oxazole rings is 1. The summed E-state index contributed by atoms with van der Waals surface area (Å²) >= 11 is 0. The highest BCUT2D eigenvalue weighted by atomic mass is 16.3. The largest absolute Gasteiger partial charge is 0.443 e. The molecule has 2 aromatic heterocycles. The van der Waals surface area contributed by atoms with Gasteiger partial charge in [0.05, 0.1) is 0 Å². The van der Waals surface area contributed by atoms with Crippen LogP contribution in [0.3, 0.4) is 0 Å². The second kappa shape index (κ2) is 2.63. The van der Waals surface area contributed by atoms with Crippen LogP contribution in [0.2, 0.25) is 0 Å². The van der Waals surface area contributed by atoms with Gasteiger partial charge >= 0.3 is 0 Å². The lowest BCUT2D eigenvalue weighted by molar-refractivity contribution is 0.602. The van der Waals surface area contributed by atoms with Gasteiger partial charge in [-0.05, 0) is 23.4 Å². The van der Waals surface area contributed by atoms with Crippen molar-refractivity contribution in [2.24, 2.45) is 0 Å². The van der Waals surface area contributed by atoms with Gasteiger partial charge in [-0.15, -0.1) is 10.2 Å². The van der Waals surface area contributed by atoms with Crippen LogP contribution in [0.5, 0.6) is 0 Å². The lowest BCUT2D eigenvalue weighted by atomic mass is 10.2. The highest BCUT2D eigenvalue weighted by Crippen LogP contribution is 2.19. The first-order chi connectivity index (χ1) is 6.93. The number of aromatic nitrogens is 5. The Morgan fingerprint density at radius 2 is 2.29 bits per heavy atom. The maximum Gasteiger partial charge on any atom is 0.204 e. The standard InChI is InChI=1S/C8H5N5O/c1-2-7-6(9-4-14-7)3-5(1)8-10-12-13-11-8/h1-4H,(H,10,11,12,13). The molecule has 2 heterocycles. The predicted octanol–water partition coefficient (Wildman–Crippen LogP) is 1.01. The summed E-state index contributed by atoms with van der Waals surface area (Å²) in [5, 5.41) is 13.6. The first-order valence-electron chi connectivity index (χ1n) is 4.00. The Balaban J connectivity index is 2.23. The van der Waals surface area contributed by atoms with Gasteiger partial charge < -0.3 is 4.42 Å². The summed E-state index contributed by atoms with van der Waals surface area (Å²) < 4.78 is 5.11. The topological polar surface area (TPSA) is 80.5 Å². The molecule has 0 amide bonds. The van der Waals surface area contributed by atoms with E-state index in [2.05, 4.69) is 25.6 Å². The minimum Gasteiger partial charge on any atom is -0.443 e. The van der Waals surface area contributed by atoms with Crippen LogP contribution in [0.4, 0.5) is 0 Å². The Labute approximate surface area is 78.0 Å². The van der Waals surface area contributed by atoms with Crippen LogP contribution < -0.4 is 0 Å². The summed E-state index contributed by atoms with van der Waals surface area (Å²) in [6.07, 6.45) is 1.41. The van der Waals surface area contributed by atoms with Crippen LogP contribution in [0.25, 0.3) is 22.5 Å². The Hall–Kier alpha value is -2.24. The van der Waals surface area contributed by atoms with E-state index in [1.807, 2.05) is 18.2 Å². The molecular weight excluding hydrogens is 182 g/mol. The number of nitrogens with one attached hydrogen (secondary N) is 1. The molecule has 1 aromatic carbocycles. The maximum absolute atomic E-state index is 5.11. The quantitative estimate of drug-likeness (QED) is 0.614. The van der Waals surface area contributed by atoms with Crippen LogP contribution in [0, 0.1) is 0 Å². The normalized spacial score (nSPS) is 10.9. The van der Waals surface area contributed by atoms with Crippen LogP contribution >= 0.6 is 0 Å². The highest BCUT2D eigenvalue weighted by Gasteiger charge is 2.05. The van der Waals surface area contributed by atoms with E-state index in [1.165, 1.54) is 6.39 Å². The molecule has 0 unspecified atom stereocenters. The van der Waals surface area contributed by atoms with Gasteiger partial charge in [0.1, 0.15) is 5.52 Å². The molecule has 0 radical (unpaired) electrons. The molecule has 14 heavy (non-hydrogen) atoms. The molecule has 0 aliphatic carbocycles. The third kappa shape index (κ3) is 0.972. The van der Waals surface area contributed by atoms with Crippen LogP contribution in [0.1, 0.15) is 0 Å². The molecule has 0 spiro atoms. The number of rotatable bonds is 1. The van der Waals surface area contributed by atoms with Crippen molar-refractivity contribution in [2.45, 2.75) is 0 Å². The van der Waals surface area contributed by atoms with Crippen LogP contribution in [-0.4, -0.2) is 25.6 Å². The Bertz CT molecular complexity index is 556. The van der Waals surface area contributed by atoms with E-state index in [-0.39, 0.29) is 0 Å². The van der Waals surface area contributed by atoms with Crippen molar-refractivity contribution >= 4 is 11.1 Å². The number of tetrazole rings is 1. The van der Waals surface area contributed by atoms with Gasteiger partial charge in [-0.1, -0.05) is 0 Å². The number of nitrogens with zero attached hydrogens (tertiary/aromatic N) is 4. The van der Waals surface area contributed by atoms with Gasteiger partial charge in [0, 0.05) is 5.56 Å². The fourth-order valence-corrected chi connectivity index (χ4v) is 1.28. The molecule has 3 rings (SSSR count). The fourth-order valence-electron chi connectivity index (χ4n) is 1.28. The van der Waals surface area contributed by atoms with Gasteiger partial charge in [-0.25, -0.2) is 4.98 Å². The average molecular weight is 187 g/mol. The van der Waals surface area contributed by atoms with Crippen molar-refractivity contribution in [3.05, 3.63) is 24.6 Å². The van der Waals surface area contributed by atoms with Crippen molar-refractivity contribution in [3.63, 3.8) is 0 Å². The molecular formula is C8H5N5O. The van der Waals surface area contributed by atoms with Gasteiger partial charge in [-0.2, -0.15) is 5.21 Å². The van der Waals surface area contributed by atoms with E-state index >= 15 is 0 Å². The van der Waals surface area contributed by atoms with Crippen molar-refractivity contribution in [2.75, 3.05) is 0 Å². The van der Waals surface area contributed by atoms with Gasteiger partial charge in [0.2, 0.25) is 5.82 Å². The molecule has 3 aromatic rings. The highest BCUT2D eigenvalue weighted by molar-refractivity contribution is 5.77. The molecule has 0 saturated carbocycles. The first kappa shape index (κ1) is 7.19. The Morgan fingerprint density at radius 3 is 3.14 bits per heavy atom. The molecule has 0 aliphatic heterocycles. The Morgan fingerprint density at radius 1 is 1.29 bits per heavy atom. The molecule has 0 saturated heterocycles. The second-order valence-corrected chi connectivity index (χ2v) is 2.77. The zero-order chi connectivity index (χ0) is 9.38. The van der Waals surface area contributed by atoms with Gasteiger partial charge in [0.15, 0.2) is 12.0 Å². The van der Waals surface area contributed by atoms with Gasteiger partial charge in [-0.3, -0.25) is 0 Å². The molecule has 6 nitrogen and oxygen atoms in total. The van der Waals surface area contributed by atoms with E-state index in [0.29, 0.717) is 5.82 Å². The molecule has 0 aliphatic rings. The third-order valence-corrected chi connectivity index (χ3v) is 1.93. The molecule has 6 heteroatoms. The number of fused-ring (bicyclic) bond motifs is 1. The minimum atomic E-state index is 0.551. The predicted molar refractivity (Wildman–Crippen MR) is 47.2 cm³/mol. The number of H-pyrrole nitrogens is 1. The van der Waals surface area contributed by atoms with Crippen LogP contribution in [-0.2, 0) is 0 Å². The van der Waals surface area contributed by atoms with Crippen molar-refractivity contribution < 1.29 is 4.42 Å². The third-order valence-electron chi connectivity index (χ3n) is 1.93. The average Bonchev–Trinajstić information content (AvgIpc) is 2.88. The SMILES string of the molecule is c1nc2cc(-c3nn[nH]n3)ccc2o1. The molecule has 68 valence electrons. The lowest BCUT2D eigenvalue weighted by Gasteiger charge is -1.91. The monoisotopic (exact) mass is 187 g/mol. The smallest absolute Gasteiger partial charge is 0.204 e. The minimum absolute atomic E-state index is 0.551. The summed E-state index contributed by atoms with van der Waals surface area (Å²) in [5.41, 5.74) is 2.39. The number of benzene rings is 1. The summed E-state index contributed by atoms with van der Waals surface area (Å²) in [5.74, 6) is 0.551. The van der Waals surface area contributed by atoms with E-state index in [1.54, 1.807) is 0 Å². The van der Waals surface area contributed by atoms with Crippen LogP contribution in [0.15, 0.2) is 29.0 Å². The molecule has 1 N–H and O–H groups in total. The van der Waals surface area contributed by atoms with Crippen molar-refractivity contribution in [3.8, 4) is 11.4 Å². The summed E-state index contributed by atoms with van der Waals surface area (Å²) in [6.45, 7) is 0. The van der Waals surface area contributed by atoms with Crippen molar-refractivity contribution in [1.82, 2.24) is 25.6 Å². The molecule has 0 fully saturated rings. The lowest BCUT2D eigenvalue weighted by Crippen LogP contribution is -1.80. The summed E-state index contributed by atoms with van der Waals surface area (Å²) in [4.78, 5) is 4.04. The fraction of sp³-hybridized carbons (Fsp3) is 0.